The van der Waals surface area contributed by atoms with Gasteiger partial charge in [0.25, 0.3) is 0 Å². The van der Waals surface area contributed by atoms with Crippen LogP contribution in [-0.2, 0) is 4.74 Å². The number of hydrogen-bond donors (Lipinski definition) is 2. The van der Waals surface area contributed by atoms with E-state index < -0.39 is 6.10 Å². The number of ether oxygens (including phenoxy) is 1. The predicted octanol–water partition coefficient (Wildman–Crippen LogP) is 0.652. The highest BCUT2D eigenvalue weighted by molar-refractivity contribution is 14.1. The standard InChI is InChI=1S/C6H11IO3/c1-5(2-7)10-4-6(9)3-8/h2,6,8-9H,3-4H2,1H3. The molecule has 0 amide bonds. The molecule has 0 radical (unpaired) electrons. The quantitative estimate of drug-likeness (QED) is 0.575. The number of rotatable bonds is 4. The Morgan fingerprint density at radius 2 is 2.40 bits per heavy atom. The molecule has 1 atom stereocenters. The summed E-state index contributed by atoms with van der Waals surface area (Å²) >= 11 is 2.04. The van der Waals surface area contributed by atoms with E-state index in [0.29, 0.717) is 0 Å². The van der Waals surface area contributed by atoms with Gasteiger partial charge in [-0.3, -0.25) is 0 Å². The van der Waals surface area contributed by atoms with Crippen molar-refractivity contribution in [3.63, 3.8) is 0 Å². The number of halogens is 1. The summed E-state index contributed by atoms with van der Waals surface area (Å²) < 4.78 is 6.75. The van der Waals surface area contributed by atoms with Crippen LogP contribution in [0, 0.1) is 0 Å². The fraction of sp³-hybridized carbons (Fsp3) is 0.667. The Morgan fingerprint density at radius 3 is 2.80 bits per heavy atom. The molecule has 10 heavy (non-hydrogen) atoms. The lowest BCUT2D eigenvalue weighted by Gasteiger charge is -2.08. The van der Waals surface area contributed by atoms with Gasteiger partial charge in [0.2, 0.25) is 0 Å². The molecule has 0 aliphatic heterocycles. The Bertz CT molecular complexity index is 114. The van der Waals surface area contributed by atoms with E-state index in [0.717, 1.165) is 5.76 Å². The lowest BCUT2D eigenvalue weighted by Crippen LogP contribution is -2.18. The summed E-state index contributed by atoms with van der Waals surface area (Å²) in [7, 11) is 0. The second-order valence-corrected chi connectivity index (χ2v) is 2.49. The van der Waals surface area contributed by atoms with Crippen LogP contribution >= 0.6 is 22.6 Å². The van der Waals surface area contributed by atoms with Gasteiger partial charge in [0, 0.05) is 4.08 Å². The van der Waals surface area contributed by atoms with Gasteiger partial charge in [0.15, 0.2) is 0 Å². The number of aliphatic hydroxyl groups excluding tert-OH is 2. The molecule has 0 rings (SSSR count). The van der Waals surface area contributed by atoms with Crippen molar-refractivity contribution in [1.82, 2.24) is 0 Å². The third kappa shape index (κ3) is 5.01. The SMILES string of the molecule is CC(=CI)OCC(O)CO. The number of aliphatic hydroxyl groups is 2. The summed E-state index contributed by atoms with van der Waals surface area (Å²) in [4.78, 5) is 0. The number of hydrogen-bond acceptors (Lipinski definition) is 3. The first-order chi connectivity index (χ1) is 4.70. The first kappa shape index (κ1) is 10.2. The molecule has 4 heteroatoms. The van der Waals surface area contributed by atoms with Gasteiger partial charge in [-0.2, -0.15) is 0 Å². The first-order valence-corrected chi connectivity index (χ1v) is 4.14. The highest BCUT2D eigenvalue weighted by Gasteiger charge is 2.00. The summed E-state index contributed by atoms with van der Waals surface area (Å²) in [5.74, 6) is 0.744. The Morgan fingerprint density at radius 1 is 1.80 bits per heavy atom. The largest absolute Gasteiger partial charge is 0.495 e. The monoisotopic (exact) mass is 258 g/mol. The molecule has 0 spiro atoms. The maximum Gasteiger partial charge on any atom is 0.116 e. The van der Waals surface area contributed by atoms with Crippen LogP contribution in [0.1, 0.15) is 6.92 Å². The van der Waals surface area contributed by atoms with Gasteiger partial charge in [-0.1, -0.05) is 0 Å². The summed E-state index contributed by atoms with van der Waals surface area (Å²) in [6.07, 6.45) is -0.772. The maximum absolute atomic E-state index is 8.80. The average molecular weight is 258 g/mol. The van der Waals surface area contributed by atoms with Gasteiger partial charge in [-0.15, -0.1) is 0 Å². The molecule has 0 bridgehead atoms. The fourth-order valence-corrected chi connectivity index (χ4v) is 0.492. The van der Waals surface area contributed by atoms with Crippen LogP contribution in [0.15, 0.2) is 9.84 Å². The van der Waals surface area contributed by atoms with Gasteiger partial charge >= 0.3 is 0 Å². The molecule has 1 unspecified atom stereocenters. The predicted molar refractivity (Wildman–Crippen MR) is 46.8 cm³/mol. The Balaban J connectivity index is 3.35. The van der Waals surface area contributed by atoms with Crippen molar-refractivity contribution < 1.29 is 14.9 Å². The molecule has 0 saturated heterocycles. The van der Waals surface area contributed by atoms with E-state index in [-0.39, 0.29) is 13.2 Å². The first-order valence-electron chi connectivity index (χ1n) is 2.89. The topological polar surface area (TPSA) is 49.7 Å². The second kappa shape index (κ2) is 5.94. The van der Waals surface area contributed by atoms with Gasteiger partial charge in [0.05, 0.1) is 12.4 Å². The van der Waals surface area contributed by atoms with Crippen molar-refractivity contribution in [3.05, 3.63) is 9.84 Å². The van der Waals surface area contributed by atoms with Gasteiger partial charge < -0.3 is 14.9 Å². The van der Waals surface area contributed by atoms with Crippen LogP contribution in [0.25, 0.3) is 0 Å². The maximum atomic E-state index is 8.80. The van der Waals surface area contributed by atoms with E-state index >= 15 is 0 Å². The van der Waals surface area contributed by atoms with Crippen molar-refractivity contribution in [3.8, 4) is 0 Å². The van der Waals surface area contributed by atoms with Crippen LogP contribution in [0.5, 0.6) is 0 Å². The van der Waals surface area contributed by atoms with Crippen molar-refractivity contribution in [2.45, 2.75) is 13.0 Å². The summed E-state index contributed by atoms with van der Waals surface area (Å²) in [6.45, 7) is 1.69. The van der Waals surface area contributed by atoms with Crippen molar-refractivity contribution in [2.75, 3.05) is 13.2 Å². The lowest BCUT2D eigenvalue weighted by atomic mass is 10.4. The van der Waals surface area contributed by atoms with Crippen LogP contribution in [-0.4, -0.2) is 29.5 Å². The molecule has 0 aliphatic rings. The van der Waals surface area contributed by atoms with Gasteiger partial charge in [0.1, 0.15) is 12.7 Å². The van der Waals surface area contributed by atoms with Crippen LogP contribution in [0.4, 0.5) is 0 Å². The molecular formula is C6H11IO3. The molecule has 0 heterocycles. The molecular weight excluding hydrogens is 247 g/mol. The minimum atomic E-state index is -0.772. The summed E-state index contributed by atoms with van der Waals surface area (Å²) in [5, 5.41) is 17.2. The third-order valence-corrected chi connectivity index (χ3v) is 1.74. The Hall–Kier alpha value is 0.190. The zero-order valence-corrected chi connectivity index (χ0v) is 7.91. The highest BCUT2D eigenvalue weighted by Crippen LogP contribution is 2.00. The Kier molecular flexibility index (Phi) is 6.05. The molecule has 0 fully saturated rings. The average Bonchev–Trinajstić information content (AvgIpc) is 1.99. The molecule has 0 aromatic heterocycles. The van der Waals surface area contributed by atoms with E-state index in [1.807, 2.05) is 22.6 Å². The lowest BCUT2D eigenvalue weighted by molar-refractivity contribution is 0.0309. The van der Waals surface area contributed by atoms with Crippen molar-refractivity contribution >= 4 is 22.6 Å². The minimum Gasteiger partial charge on any atom is -0.495 e. The van der Waals surface area contributed by atoms with Crippen molar-refractivity contribution in [1.29, 1.82) is 0 Å². The van der Waals surface area contributed by atoms with Crippen molar-refractivity contribution in [2.24, 2.45) is 0 Å². The Labute approximate surface area is 73.8 Å². The van der Waals surface area contributed by atoms with Crippen LogP contribution in [0.2, 0.25) is 0 Å². The minimum absolute atomic E-state index is 0.155. The second-order valence-electron chi connectivity index (χ2n) is 1.87. The number of allylic oxidation sites excluding steroid dienone is 1. The van der Waals surface area contributed by atoms with E-state index in [1.54, 1.807) is 11.0 Å². The van der Waals surface area contributed by atoms with Crippen LogP contribution < -0.4 is 0 Å². The molecule has 2 N–H and O–H groups in total. The van der Waals surface area contributed by atoms with E-state index in [9.17, 15) is 0 Å². The summed E-state index contributed by atoms with van der Waals surface area (Å²) in [5.41, 5.74) is 0. The van der Waals surface area contributed by atoms with Crippen LogP contribution in [0.3, 0.4) is 0 Å². The molecule has 3 nitrogen and oxygen atoms in total. The third-order valence-electron chi connectivity index (χ3n) is 0.868. The van der Waals surface area contributed by atoms with E-state index in [1.165, 1.54) is 0 Å². The normalized spacial score (nSPS) is 15.0. The zero-order valence-electron chi connectivity index (χ0n) is 5.75. The highest BCUT2D eigenvalue weighted by atomic mass is 127. The molecule has 0 aromatic rings. The van der Waals surface area contributed by atoms with Gasteiger partial charge in [-0.25, -0.2) is 0 Å². The molecule has 0 aliphatic carbocycles. The van der Waals surface area contributed by atoms with E-state index in [4.69, 9.17) is 14.9 Å². The molecule has 0 saturated carbocycles. The molecule has 60 valence electrons. The molecule has 0 aromatic carbocycles. The van der Waals surface area contributed by atoms with Gasteiger partial charge in [-0.05, 0) is 29.5 Å². The zero-order chi connectivity index (χ0) is 7.98. The smallest absolute Gasteiger partial charge is 0.116 e. The van der Waals surface area contributed by atoms with E-state index in [2.05, 4.69) is 0 Å². The fourth-order valence-electron chi connectivity index (χ4n) is 0.312. The summed E-state index contributed by atoms with van der Waals surface area (Å²) in [6, 6.07) is 0.